The molecule has 1 aromatic heterocycles. The number of oxazole rings is 1. The van der Waals surface area contributed by atoms with Gasteiger partial charge in [-0.25, -0.2) is 4.98 Å². The van der Waals surface area contributed by atoms with E-state index in [1.807, 2.05) is 49.1 Å². The number of benzene rings is 1. The van der Waals surface area contributed by atoms with Gasteiger partial charge in [0.05, 0.1) is 12.1 Å². The maximum absolute atomic E-state index is 12.2. The van der Waals surface area contributed by atoms with Crippen LogP contribution in [-0.4, -0.2) is 22.3 Å². The van der Waals surface area contributed by atoms with Crippen LogP contribution in [0.1, 0.15) is 23.9 Å². The Balaban J connectivity index is 2.01. The van der Waals surface area contributed by atoms with Gasteiger partial charge in [0.1, 0.15) is 5.76 Å². The molecule has 0 N–H and O–H groups in total. The van der Waals surface area contributed by atoms with Crippen LogP contribution in [0.3, 0.4) is 0 Å². The predicted octanol–water partition coefficient (Wildman–Crippen LogP) is 2.57. The fourth-order valence-electron chi connectivity index (χ4n) is 1.93. The van der Waals surface area contributed by atoms with E-state index in [2.05, 4.69) is 4.98 Å². The molecule has 0 aliphatic heterocycles. The molecule has 2 rings (SSSR count). The van der Waals surface area contributed by atoms with Crippen molar-refractivity contribution in [2.75, 3.05) is 6.54 Å². The highest BCUT2D eigenvalue weighted by atomic mass is 16.3. The molecule has 4 heteroatoms. The highest BCUT2D eigenvalue weighted by Gasteiger charge is 2.16. The quantitative estimate of drug-likeness (QED) is 0.828. The average molecular weight is 258 g/mol. The van der Waals surface area contributed by atoms with Crippen LogP contribution in [0.15, 0.2) is 41.1 Å². The Morgan fingerprint density at radius 3 is 2.63 bits per heavy atom. The smallest absolute Gasteiger partial charge is 0.230 e. The van der Waals surface area contributed by atoms with E-state index in [-0.39, 0.29) is 12.3 Å². The highest BCUT2D eigenvalue weighted by molar-refractivity contribution is 5.78. The fourth-order valence-corrected chi connectivity index (χ4v) is 1.93. The Kier molecular flexibility index (Phi) is 4.34. The first kappa shape index (κ1) is 13.3. The van der Waals surface area contributed by atoms with E-state index in [4.69, 9.17) is 4.42 Å². The van der Waals surface area contributed by atoms with Crippen molar-refractivity contribution in [1.82, 2.24) is 9.88 Å². The number of aromatic nitrogens is 1. The molecule has 0 saturated heterocycles. The highest BCUT2D eigenvalue weighted by Crippen LogP contribution is 2.10. The van der Waals surface area contributed by atoms with Crippen molar-refractivity contribution in [1.29, 1.82) is 0 Å². The predicted molar refractivity (Wildman–Crippen MR) is 72.5 cm³/mol. The average Bonchev–Trinajstić information content (AvgIpc) is 2.82. The number of hydrogen-bond donors (Lipinski definition) is 0. The summed E-state index contributed by atoms with van der Waals surface area (Å²) in [5.74, 6) is 0.711. The van der Waals surface area contributed by atoms with Crippen molar-refractivity contribution in [3.63, 3.8) is 0 Å². The number of carbonyl (C=O) groups is 1. The molecule has 4 nitrogen and oxygen atoms in total. The molecule has 0 aliphatic rings. The molecule has 0 radical (unpaired) electrons. The maximum Gasteiger partial charge on any atom is 0.230 e. The van der Waals surface area contributed by atoms with Crippen LogP contribution in [0.25, 0.3) is 0 Å². The SMILES string of the molecule is CCN(Cc1ccccc1)C(=O)Cc1ocnc1C. The molecule has 2 aromatic rings. The monoisotopic (exact) mass is 258 g/mol. The largest absolute Gasteiger partial charge is 0.448 e. The van der Waals surface area contributed by atoms with Crippen LogP contribution in [0, 0.1) is 6.92 Å². The van der Waals surface area contributed by atoms with Gasteiger partial charge in [0, 0.05) is 13.1 Å². The first-order chi connectivity index (χ1) is 9.20. The second-order valence-electron chi connectivity index (χ2n) is 4.43. The summed E-state index contributed by atoms with van der Waals surface area (Å²) in [5, 5.41) is 0. The molecule has 1 heterocycles. The Morgan fingerprint density at radius 1 is 1.32 bits per heavy atom. The molecular formula is C15H18N2O2. The van der Waals surface area contributed by atoms with E-state index >= 15 is 0 Å². The Hall–Kier alpha value is -2.10. The first-order valence-electron chi connectivity index (χ1n) is 6.41. The van der Waals surface area contributed by atoms with Gasteiger partial charge in [0.2, 0.25) is 5.91 Å². The molecule has 0 spiro atoms. The molecule has 100 valence electrons. The third-order valence-electron chi connectivity index (χ3n) is 3.11. The first-order valence-corrected chi connectivity index (χ1v) is 6.41. The third kappa shape index (κ3) is 3.44. The van der Waals surface area contributed by atoms with Gasteiger partial charge in [0.15, 0.2) is 6.39 Å². The summed E-state index contributed by atoms with van der Waals surface area (Å²) in [5.41, 5.74) is 1.91. The Morgan fingerprint density at radius 2 is 2.05 bits per heavy atom. The van der Waals surface area contributed by atoms with Crippen LogP contribution in [0.5, 0.6) is 0 Å². The number of aryl methyl sites for hydroxylation is 1. The van der Waals surface area contributed by atoms with Crippen LogP contribution in [-0.2, 0) is 17.8 Å². The van der Waals surface area contributed by atoms with Crippen molar-refractivity contribution in [3.05, 3.63) is 53.7 Å². The van der Waals surface area contributed by atoms with Gasteiger partial charge in [-0.3, -0.25) is 4.79 Å². The van der Waals surface area contributed by atoms with Gasteiger partial charge in [-0.1, -0.05) is 30.3 Å². The van der Waals surface area contributed by atoms with E-state index in [1.54, 1.807) is 0 Å². The lowest BCUT2D eigenvalue weighted by molar-refractivity contribution is -0.131. The summed E-state index contributed by atoms with van der Waals surface area (Å²) in [6.45, 7) is 5.14. The van der Waals surface area contributed by atoms with Gasteiger partial charge in [-0.05, 0) is 19.4 Å². The zero-order valence-corrected chi connectivity index (χ0v) is 11.3. The van der Waals surface area contributed by atoms with Crippen LogP contribution < -0.4 is 0 Å². The van der Waals surface area contributed by atoms with Crippen molar-refractivity contribution in [3.8, 4) is 0 Å². The molecule has 0 unspecified atom stereocenters. The van der Waals surface area contributed by atoms with Crippen molar-refractivity contribution < 1.29 is 9.21 Å². The van der Waals surface area contributed by atoms with E-state index in [0.29, 0.717) is 18.8 Å². The molecule has 0 aliphatic carbocycles. The summed E-state index contributed by atoms with van der Waals surface area (Å²) in [6, 6.07) is 9.98. The second kappa shape index (κ2) is 6.18. The number of nitrogens with zero attached hydrogens (tertiary/aromatic N) is 2. The van der Waals surface area contributed by atoms with Gasteiger partial charge >= 0.3 is 0 Å². The van der Waals surface area contributed by atoms with Gasteiger partial charge < -0.3 is 9.32 Å². The molecule has 0 atom stereocenters. The minimum atomic E-state index is 0.0613. The Bertz CT molecular complexity index is 534. The van der Waals surface area contributed by atoms with Gasteiger partial charge in [-0.2, -0.15) is 0 Å². The standard InChI is InChI=1S/C15H18N2O2/c1-3-17(10-13-7-5-4-6-8-13)15(18)9-14-12(2)16-11-19-14/h4-8,11H,3,9-10H2,1-2H3. The fraction of sp³-hybridized carbons (Fsp3) is 0.333. The van der Waals surface area contributed by atoms with Crippen LogP contribution in [0.2, 0.25) is 0 Å². The van der Waals surface area contributed by atoms with E-state index in [9.17, 15) is 4.79 Å². The van der Waals surface area contributed by atoms with Crippen molar-refractivity contribution >= 4 is 5.91 Å². The lowest BCUT2D eigenvalue weighted by atomic mass is 10.2. The van der Waals surface area contributed by atoms with Gasteiger partial charge in [0.25, 0.3) is 0 Å². The second-order valence-corrected chi connectivity index (χ2v) is 4.43. The molecule has 0 saturated carbocycles. The summed E-state index contributed by atoms with van der Waals surface area (Å²) in [7, 11) is 0. The normalized spacial score (nSPS) is 10.4. The van der Waals surface area contributed by atoms with E-state index < -0.39 is 0 Å². The summed E-state index contributed by atoms with van der Waals surface area (Å²) in [4.78, 5) is 18.1. The lowest BCUT2D eigenvalue weighted by Gasteiger charge is -2.20. The Labute approximate surface area is 113 Å². The van der Waals surface area contributed by atoms with E-state index in [1.165, 1.54) is 6.39 Å². The molecule has 0 bridgehead atoms. The number of carbonyl (C=O) groups excluding carboxylic acids is 1. The lowest BCUT2D eigenvalue weighted by Crippen LogP contribution is -2.31. The molecule has 1 aromatic carbocycles. The van der Waals surface area contributed by atoms with Crippen molar-refractivity contribution in [2.24, 2.45) is 0 Å². The zero-order chi connectivity index (χ0) is 13.7. The van der Waals surface area contributed by atoms with Crippen LogP contribution >= 0.6 is 0 Å². The summed E-state index contributed by atoms with van der Waals surface area (Å²) in [6.07, 6.45) is 1.65. The number of likely N-dealkylation sites (N-methyl/N-ethyl adjacent to an activating group) is 1. The van der Waals surface area contributed by atoms with E-state index in [0.717, 1.165) is 11.3 Å². The van der Waals surface area contributed by atoms with Crippen molar-refractivity contribution in [2.45, 2.75) is 26.8 Å². The maximum atomic E-state index is 12.2. The number of amides is 1. The van der Waals surface area contributed by atoms with Crippen LogP contribution in [0.4, 0.5) is 0 Å². The third-order valence-corrected chi connectivity index (χ3v) is 3.11. The zero-order valence-electron chi connectivity index (χ0n) is 11.3. The summed E-state index contributed by atoms with van der Waals surface area (Å²) < 4.78 is 5.22. The number of rotatable bonds is 5. The minimum Gasteiger partial charge on any atom is -0.448 e. The summed E-state index contributed by atoms with van der Waals surface area (Å²) >= 11 is 0. The molecular weight excluding hydrogens is 240 g/mol. The minimum absolute atomic E-state index is 0.0613. The molecule has 1 amide bonds. The molecule has 0 fully saturated rings. The van der Waals surface area contributed by atoms with Gasteiger partial charge in [-0.15, -0.1) is 0 Å². The topological polar surface area (TPSA) is 46.3 Å². The molecule has 19 heavy (non-hydrogen) atoms. The number of hydrogen-bond acceptors (Lipinski definition) is 3.